The van der Waals surface area contributed by atoms with Gasteiger partial charge in [0.25, 0.3) is 10.0 Å². The summed E-state index contributed by atoms with van der Waals surface area (Å²) in [5, 5.41) is 23.0. The van der Waals surface area contributed by atoms with Gasteiger partial charge in [-0.25, -0.2) is 41.5 Å². The Hall–Kier alpha value is -6.82. The average molecular weight is 1130 g/mol. The molecular formula is C55H65F3N10O7S3. The molecule has 6 aromatic rings. The standard InChI is InChI=1S/C55H65F3N10O7S3/c1-32-46(76-31-63-32)34-20-18-33(19-21-34)29-62-50(72)41-28-35(69)30-68(41)51(73)49(54(2,3)4)65-43(71)23-22-42(70)59-25-10-8-9-11-26-60-53-61-27-24-40(64-53)47-45(66-52(77-47)55(5,6)7)36-14-12-17-39(44(36)58)67-78(74,75)48-37(56)15-13-16-38(48)57/h12-21,24,27,31,35,41,49,67,69H,8-11,22-23,25-26,28-30H2,1-7H3,(H,59,70)(H,62,72)(H,65,71)(H,60,61,64)/t35-,41+,49+/m1/s1. The summed E-state index contributed by atoms with van der Waals surface area (Å²) >= 11 is 2.84. The Balaban J connectivity index is 0.845. The number of hydrogen-bond donors (Lipinski definition) is 6. The SMILES string of the molecule is Cc1ncsc1-c1ccc(CNC(=O)[C@@H]2C[C@@H](O)CN2C(=O)[C@H](NC(=O)CCC(=O)NCCCCCCNc2nccc(-c3sc(C(C)(C)C)nc3-c3cccc(NS(=O)(=O)c4c(F)cccc4F)c3F)n2)C(C)(C)C)cc1. The van der Waals surface area contributed by atoms with Crippen molar-refractivity contribution >= 4 is 68.0 Å². The Bertz CT molecular complexity index is 3210. The van der Waals surface area contributed by atoms with Crippen LogP contribution in [0.4, 0.5) is 24.8 Å². The highest BCUT2D eigenvalue weighted by Crippen LogP contribution is 2.42. The first-order valence-electron chi connectivity index (χ1n) is 25.6. The number of rotatable bonds is 22. The third kappa shape index (κ3) is 14.8. The van der Waals surface area contributed by atoms with Crippen molar-refractivity contribution in [3.8, 4) is 32.3 Å². The molecule has 3 aromatic heterocycles. The Labute approximate surface area is 460 Å². The molecule has 0 unspecified atom stereocenters. The number of carbonyl (C=O) groups excluding carboxylic acids is 4. The number of benzene rings is 3. The van der Waals surface area contributed by atoms with Gasteiger partial charge in [0.15, 0.2) is 10.7 Å². The van der Waals surface area contributed by atoms with Crippen LogP contribution >= 0.6 is 22.7 Å². The highest BCUT2D eigenvalue weighted by molar-refractivity contribution is 7.92. The number of aryl methyl sites for hydroxylation is 1. The number of aliphatic hydroxyl groups is 1. The van der Waals surface area contributed by atoms with Crippen LogP contribution in [0.25, 0.3) is 32.3 Å². The van der Waals surface area contributed by atoms with Crippen molar-refractivity contribution < 1.29 is 45.9 Å². The highest BCUT2D eigenvalue weighted by atomic mass is 32.2. The predicted octanol–water partition coefficient (Wildman–Crippen LogP) is 8.89. The third-order valence-electron chi connectivity index (χ3n) is 12.8. The van der Waals surface area contributed by atoms with Gasteiger partial charge in [0.05, 0.1) is 49.1 Å². The second-order valence-electron chi connectivity index (χ2n) is 21.2. The molecule has 6 N–H and O–H groups in total. The minimum atomic E-state index is -4.87. The number of hydrogen-bond acceptors (Lipinski definition) is 14. The van der Waals surface area contributed by atoms with Crippen LogP contribution in [0, 0.1) is 29.8 Å². The summed E-state index contributed by atoms with van der Waals surface area (Å²) in [4.78, 5) is 73.3. The highest BCUT2D eigenvalue weighted by Gasteiger charge is 2.44. The van der Waals surface area contributed by atoms with E-state index in [2.05, 4.69) is 31.2 Å². The molecule has 3 aromatic carbocycles. The molecule has 4 amide bonds. The average Bonchev–Trinajstić information content (AvgIpc) is 4.14. The van der Waals surface area contributed by atoms with Crippen molar-refractivity contribution in [1.82, 2.24) is 40.8 Å². The van der Waals surface area contributed by atoms with E-state index in [1.165, 1.54) is 28.4 Å². The van der Waals surface area contributed by atoms with Gasteiger partial charge in [0.1, 0.15) is 23.7 Å². The van der Waals surface area contributed by atoms with Crippen molar-refractivity contribution in [1.29, 1.82) is 0 Å². The fourth-order valence-electron chi connectivity index (χ4n) is 8.66. The first-order valence-corrected chi connectivity index (χ1v) is 28.7. The van der Waals surface area contributed by atoms with Gasteiger partial charge >= 0.3 is 0 Å². The molecular weight excluding hydrogens is 1070 g/mol. The molecule has 1 saturated heterocycles. The molecule has 78 heavy (non-hydrogen) atoms. The van der Waals surface area contributed by atoms with E-state index in [1.54, 1.807) is 49.9 Å². The number of likely N-dealkylation sites (tertiary alicyclic amines) is 1. The van der Waals surface area contributed by atoms with Crippen LogP contribution in [0.15, 0.2) is 83.3 Å². The number of amides is 4. The monoisotopic (exact) mass is 1130 g/mol. The quantitative estimate of drug-likeness (QED) is 0.0350. The molecule has 4 heterocycles. The van der Waals surface area contributed by atoms with Gasteiger partial charge in [-0.1, -0.05) is 90.8 Å². The van der Waals surface area contributed by atoms with Gasteiger partial charge in [-0.3, -0.25) is 23.9 Å². The number of carbonyl (C=O) groups is 4. The second kappa shape index (κ2) is 25.3. The summed E-state index contributed by atoms with van der Waals surface area (Å²) in [6.45, 7) is 14.2. The van der Waals surface area contributed by atoms with Crippen molar-refractivity contribution in [2.75, 3.05) is 29.7 Å². The lowest BCUT2D eigenvalue weighted by atomic mass is 9.85. The van der Waals surface area contributed by atoms with Crippen LogP contribution in [-0.2, 0) is 41.2 Å². The summed E-state index contributed by atoms with van der Waals surface area (Å²) in [6, 6.07) is 14.1. The van der Waals surface area contributed by atoms with Gasteiger partial charge < -0.3 is 31.3 Å². The zero-order chi connectivity index (χ0) is 56.5. The number of nitrogens with one attached hydrogen (secondary N) is 5. The third-order valence-corrected chi connectivity index (χ3v) is 16.7. The van der Waals surface area contributed by atoms with E-state index in [4.69, 9.17) is 9.97 Å². The maximum Gasteiger partial charge on any atom is 0.267 e. The first-order chi connectivity index (χ1) is 36.9. The van der Waals surface area contributed by atoms with Gasteiger partial charge in [-0.15, -0.1) is 22.7 Å². The molecule has 23 heteroatoms. The Kier molecular flexibility index (Phi) is 19.1. The van der Waals surface area contributed by atoms with E-state index < -0.39 is 84.8 Å². The number of aliphatic hydroxyl groups excluding tert-OH is 1. The van der Waals surface area contributed by atoms with E-state index in [0.717, 1.165) is 65.2 Å². The lowest BCUT2D eigenvalue weighted by Crippen LogP contribution is -2.57. The van der Waals surface area contributed by atoms with Crippen LogP contribution in [0.5, 0.6) is 0 Å². The maximum absolute atomic E-state index is 16.3. The summed E-state index contributed by atoms with van der Waals surface area (Å²) in [5.41, 5.74) is 3.43. The number of anilines is 2. The number of aromatic nitrogens is 4. The smallest absolute Gasteiger partial charge is 0.267 e. The molecule has 17 nitrogen and oxygen atoms in total. The predicted molar refractivity (Wildman–Crippen MR) is 295 cm³/mol. The number of thiazole rings is 2. The van der Waals surface area contributed by atoms with Crippen LogP contribution in [0.2, 0.25) is 0 Å². The lowest BCUT2D eigenvalue weighted by molar-refractivity contribution is -0.144. The molecule has 0 radical (unpaired) electrons. The number of sulfonamides is 1. The summed E-state index contributed by atoms with van der Waals surface area (Å²) < 4.78 is 73.4. The van der Waals surface area contributed by atoms with E-state index >= 15 is 4.39 Å². The topological polar surface area (TPSA) is 238 Å². The van der Waals surface area contributed by atoms with Crippen molar-refractivity contribution in [2.24, 2.45) is 5.41 Å². The number of unbranched alkanes of at least 4 members (excludes halogenated alkanes) is 3. The molecule has 416 valence electrons. The van der Waals surface area contributed by atoms with E-state index in [0.29, 0.717) is 41.0 Å². The van der Waals surface area contributed by atoms with E-state index in [1.807, 2.05) is 56.7 Å². The number of nitrogens with zero attached hydrogens (tertiary/aromatic N) is 5. The number of β-amino-alcohol motifs (C(OH)–C–C–N with tert-alkyl or cyclic N) is 1. The molecule has 0 aliphatic carbocycles. The molecule has 0 saturated carbocycles. The van der Waals surface area contributed by atoms with Gasteiger partial charge in [0.2, 0.25) is 29.6 Å². The van der Waals surface area contributed by atoms with Gasteiger partial charge in [0, 0.05) is 62.6 Å². The van der Waals surface area contributed by atoms with Gasteiger partial charge in [-0.2, -0.15) is 0 Å². The summed E-state index contributed by atoms with van der Waals surface area (Å²) in [5.74, 6) is -5.06. The fourth-order valence-corrected chi connectivity index (χ4v) is 11.8. The first kappa shape index (κ1) is 58.9. The van der Waals surface area contributed by atoms with Gasteiger partial charge in [-0.05, 0) is 66.6 Å². The van der Waals surface area contributed by atoms with Crippen LogP contribution < -0.4 is 26.0 Å². The molecule has 0 spiro atoms. The van der Waals surface area contributed by atoms with Crippen molar-refractivity contribution in [2.45, 2.75) is 128 Å². The van der Waals surface area contributed by atoms with E-state index in [9.17, 15) is 41.5 Å². The largest absolute Gasteiger partial charge is 0.391 e. The van der Waals surface area contributed by atoms with E-state index in [-0.39, 0.29) is 49.5 Å². The zero-order valence-corrected chi connectivity index (χ0v) is 47.0. The molecule has 7 rings (SSSR count). The maximum atomic E-state index is 16.3. The minimum absolute atomic E-state index is 0.0556. The normalized spacial score (nSPS) is 15.2. The second-order valence-corrected chi connectivity index (χ2v) is 24.6. The molecule has 1 aliphatic rings. The molecule has 3 atom stereocenters. The fraction of sp³-hybridized carbons (Fsp3) is 0.418. The van der Waals surface area contributed by atoms with Crippen molar-refractivity contribution in [3.05, 3.63) is 112 Å². The lowest BCUT2D eigenvalue weighted by Gasteiger charge is -2.35. The Morgan fingerprint density at radius 3 is 2.17 bits per heavy atom. The molecule has 1 aliphatic heterocycles. The minimum Gasteiger partial charge on any atom is -0.391 e. The number of halogens is 3. The zero-order valence-electron chi connectivity index (χ0n) is 44.5. The van der Waals surface area contributed by atoms with Crippen LogP contribution in [0.1, 0.15) is 103 Å². The molecule has 1 fully saturated rings. The summed E-state index contributed by atoms with van der Waals surface area (Å²) in [7, 11) is -4.87. The van der Waals surface area contributed by atoms with Crippen molar-refractivity contribution in [3.63, 3.8) is 0 Å². The molecule has 0 bridgehead atoms. The van der Waals surface area contributed by atoms with Crippen LogP contribution in [-0.4, -0.2) is 99.8 Å². The Morgan fingerprint density at radius 1 is 0.821 bits per heavy atom. The summed E-state index contributed by atoms with van der Waals surface area (Å²) in [6.07, 6.45) is 3.46. The van der Waals surface area contributed by atoms with Crippen LogP contribution in [0.3, 0.4) is 0 Å². The Morgan fingerprint density at radius 2 is 1.50 bits per heavy atom.